The molecule has 2 aromatic heterocycles. The van der Waals surface area contributed by atoms with E-state index in [0.717, 1.165) is 21.5 Å². The lowest BCUT2D eigenvalue weighted by Gasteiger charge is -2.15. The third kappa shape index (κ3) is 5.57. The summed E-state index contributed by atoms with van der Waals surface area (Å²) in [6.07, 6.45) is 0.726. The second-order valence-electron chi connectivity index (χ2n) is 9.33. The molecule has 0 radical (unpaired) electrons. The number of aliphatic hydroxyl groups excluding tert-OH is 1. The first-order valence-corrected chi connectivity index (χ1v) is 12.2. The van der Waals surface area contributed by atoms with E-state index in [-0.39, 0.29) is 35.6 Å². The first-order valence-electron chi connectivity index (χ1n) is 11.8. The van der Waals surface area contributed by atoms with Gasteiger partial charge in [0.15, 0.2) is 5.02 Å². The van der Waals surface area contributed by atoms with Gasteiger partial charge in [0.1, 0.15) is 30.2 Å². The standard InChI is InChI=1S/C26H23ClF2N4O7/c1-26(2,39)24(37)33-18-6-3-14(9-19(18)32(25(33)38)20(35)7-8-34)11-31-13-30-22(21(27)23(31)36)40-12-15-4-5-16(28)10-17(15)29/h3-6,9-10,13,34,39H,7-8,11-12H2,1-2H3. The molecule has 4 aromatic rings. The maximum absolute atomic E-state index is 13.9. The van der Waals surface area contributed by atoms with Gasteiger partial charge in [-0.2, -0.15) is 0 Å². The summed E-state index contributed by atoms with van der Waals surface area (Å²) in [6.45, 7) is 1.36. The van der Waals surface area contributed by atoms with E-state index < -0.39 is 58.3 Å². The van der Waals surface area contributed by atoms with Crippen molar-refractivity contribution in [2.75, 3.05) is 6.61 Å². The van der Waals surface area contributed by atoms with E-state index in [9.17, 15) is 38.2 Å². The molecule has 14 heteroatoms. The average Bonchev–Trinajstić information content (AvgIpc) is 3.17. The van der Waals surface area contributed by atoms with Crippen LogP contribution in [0.4, 0.5) is 8.78 Å². The highest BCUT2D eigenvalue weighted by Gasteiger charge is 2.31. The van der Waals surface area contributed by atoms with Crippen molar-refractivity contribution in [3.05, 3.63) is 91.3 Å². The van der Waals surface area contributed by atoms with Crippen molar-refractivity contribution in [2.45, 2.75) is 39.0 Å². The van der Waals surface area contributed by atoms with E-state index >= 15 is 0 Å². The summed E-state index contributed by atoms with van der Waals surface area (Å²) in [5.41, 5.74) is -3.17. The zero-order valence-electron chi connectivity index (χ0n) is 21.2. The summed E-state index contributed by atoms with van der Waals surface area (Å²) in [6, 6.07) is 7.21. The third-order valence-electron chi connectivity index (χ3n) is 5.89. The molecule has 0 aliphatic carbocycles. The fourth-order valence-electron chi connectivity index (χ4n) is 3.90. The monoisotopic (exact) mass is 576 g/mol. The van der Waals surface area contributed by atoms with Crippen molar-refractivity contribution in [2.24, 2.45) is 0 Å². The van der Waals surface area contributed by atoms with Gasteiger partial charge in [-0.05, 0) is 43.7 Å². The summed E-state index contributed by atoms with van der Waals surface area (Å²) in [4.78, 5) is 55.4. The van der Waals surface area contributed by atoms with Gasteiger partial charge < -0.3 is 14.9 Å². The minimum absolute atomic E-state index is 0.0203. The molecular weight excluding hydrogens is 554 g/mol. The summed E-state index contributed by atoms with van der Waals surface area (Å²) < 4.78 is 34.8. The lowest BCUT2D eigenvalue weighted by molar-refractivity contribution is 0.0392. The van der Waals surface area contributed by atoms with Crippen LogP contribution in [0.5, 0.6) is 5.88 Å². The molecule has 11 nitrogen and oxygen atoms in total. The van der Waals surface area contributed by atoms with Crippen molar-refractivity contribution < 1.29 is 33.3 Å². The van der Waals surface area contributed by atoms with Gasteiger partial charge in [-0.15, -0.1) is 0 Å². The van der Waals surface area contributed by atoms with Crippen LogP contribution in [0, 0.1) is 11.6 Å². The molecule has 0 atom stereocenters. The number of nitrogens with zero attached hydrogens (tertiary/aromatic N) is 4. The number of benzene rings is 2. The lowest BCUT2D eigenvalue weighted by atomic mass is 10.1. The number of fused-ring (bicyclic) bond motifs is 1. The number of hydrogen-bond donors (Lipinski definition) is 2. The first kappa shape index (κ1) is 28.8. The minimum atomic E-state index is -1.93. The molecule has 0 saturated carbocycles. The number of ether oxygens (including phenoxy) is 1. The highest BCUT2D eigenvalue weighted by Crippen LogP contribution is 2.21. The van der Waals surface area contributed by atoms with Crippen LogP contribution in [0.3, 0.4) is 0 Å². The molecule has 0 unspecified atom stereocenters. The van der Waals surface area contributed by atoms with Crippen LogP contribution in [0.1, 0.15) is 41.0 Å². The summed E-state index contributed by atoms with van der Waals surface area (Å²) in [5.74, 6) is -3.61. The normalized spacial score (nSPS) is 11.7. The van der Waals surface area contributed by atoms with Gasteiger partial charge in [-0.3, -0.25) is 19.0 Å². The molecule has 4 rings (SSSR count). The smallest absolute Gasteiger partial charge is 0.342 e. The van der Waals surface area contributed by atoms with Crippen molar-refractivity contribution in [1.29, 1.82) is 0 Å². The number of halogens is 3. The van der Waals surface area contributed by atoms with Crippen molar-refractivity contribution in [1.82, 2.24) is 18.7 Å². The molecule has 0 saturated heterocycles. The Bertz CT molecular complexity index is 1760. The predicted octanol–water partition coefficient (Wildman–Crippen LogP) is 2.35. The maximum atomic E-state index is 13.9. The van der Waals surface area contributed by atoms with Crippen molar-refractivity contribution in [3.63, 3.8) is 0 Å². The molecule has 0 aliphatic rings. The first-order chi connectivity index (χ1) is 18.8. The second kappa shape index (κ2) is 11.1. The number of imidazole rings is 1. The van der Waals surface area contributed by atoms with Crippen LogP contribution in [0.25, 0.3) is 11.0 Å². The zero-order valence-corrected chi connectivity index (χ0v) is 22.0. The van der Waals surface area contributed by atoms with Gasteiger partial charge >= 0.3 is 5.69 Å². The predicted molar refractivity (Wildman–Crippen MR) is 139 cm³/mol. The van der Waals surface area contributed by atoms with E-state index in [2.05, 4.69) is 4.98 Å². The van der Waals surface area contributed by atoms with E-state index in [4.69, 9.17) is 16.3 Å². The Kier molecular flexibility index (Phi) is 8.00. The number of hydrogen-bond acceptors (Lipinski definition) is 8. The van der Waals surface area contributed by atoms with Crippen molar-refractivity contribution >= 4 is 34.4 Å². The van der Waals surface area contributed by atoms with Gasteiger partial charge in [0.25, 0.3) is 11.5 Å². The Morgan fingerprint density at radius 2 is 1.80 bits per heavy atom. The Morgan fingerprint density at radius 1 is 1.07 bits per heavy atom. The average molecular weight is 577 g/mol. The number of carbonyl (C=O) groups excluding carboxylic acids is 2. The largest absolute Gasteiger partial charge is 0.471 e. The highest BCUT2D eigenvalue weighted by atomic mass is 35.5. The quantitative estimate of drug-likeness (QED) is 0.325. The molecule has 0 aliphatic heterocycles. The fourth-order valence-corrected chi connectivity index (χ4v) is 4.12. The number of aliphatic hydroxyl groups is 2. The molecule has 2 heterocycles. The van der Waals surface area contributed by atoms with Crippen LogP contribution in [-0.4, -0.2) is 52.9 Å². The molecular formula is C26H23ClF2N4O7. The Balaban J connectivity index is 1.68. The molecule has 2 aromatic carbocycles. The van der Waals surface area contributed by atoms with E-state index in [1.165, 1.54) is 38.1 Å². The van der Waals surface area contributed by atoms with Gasteiger partial charge in [0.05, 0.1) is 30.6 Å². The van der Waals surface area contributed by atoms with Crippen molar-refractivity contribution in [3.8, 4) is 5.88 Å². The fraction of sp³-hybridized carbons (Fsp3) is 0.269. The summed E-state index contributed by atoms with van der Waals surface area (Å²) in [5, 5.41) is 19.0. The molecule has 0 fully saturated rings. The van der Waals surface area contributed by atoms with Crippen LogP contribution >= 0.6 is 11.6 Å². The van der Waals surface area contributed by atoms with E-state index in [0.29, 0.717) is 16.2 Å². The van der Waals surface area contributed by atoms with Gasteiger partial charge in [-0.25, -0.2) is 27.7 Å². The minimum Gasteiger partial charge on any atom is -0.471 e. The van der Waals surface area contributed by atoms with Crippen LogP contribution in [0.15, 0.2) is 52.3 Å². The second-order valence-corrected chi connectivity index (χ2v) is 9.71. The van der Waals surface area contributed by atoms with E-state index in [1.54, 1.807) is 0 Å². The third-order valence-corrected chi connectivity index (χ3v) is 6.21. The summed E-state index contributed by atoms with van der Waals surface area (Å²) >= 11 is 6.14. The van der Waals surface area contributed by atoms with Gasteiger partial charge in [-0.1, -0.05) is 17.7 Å². The lowest BCUT2D eigenvalue weighted by Crippen LogP contribution is -2.42. The molecule has 0 bridgehead atoms. The molecule has 40 heavy (non-hydrogen) atoms. The van der Waals surface area contributed by atoms with Crippen LogP contribution in [0.2, 0.25) is 5.02 Å². The van der Waals surface area contributed by atoms with Crippen LogP contribution < -0.4 is 16.0 Å². The van der Waals surface area contributed by atoms with Crippen LogP contribution in [-0.2, 0) is 13.2 Å². The molecule has 210 valence electrons. The summed E-state index contributed by atoms with van der Waals surface area (Å²) in [7, 11) is 0. The zero-order chi connectivity index (χ0) is 29.4. The Morgan fingerprint density at radius 3 is 2.45 bits per heavy atom. The topological polar surface area (TPSA) is 146 Å². The number of carbonyl (C=O) groups is 2. The number of rotatable bonds is 8. The number of aromatic nitrogens is 4. The van der Waals surface area contributed by atoms with E-state index in [1.807, 2.05) is 0 Å². The molecule has 0 amide bonds. The Hall–Kier alpha value is -4.20. The molecule has 0 spiro atoms. The highest BCUT2D eigenvalue weighted by molar-refractivity contribution is 6.31. The van der Waals surface area contributed by atoms with Gasteiger partial charge in [0.2, 0.25) is 11.8 Å². The van der Waals surface area contributed by atoms with Gasteiger partial charge in [0, 0.05) is 11.6 Å². The molecule has 2 N–H and O–H groups in total. The SMILES string of the molecule is CC(C)(O)C(=O)n1c(=O)n(C(=O)CCO)c2cc(Cn3cnc(OCc4ccc(F)cc4F)c(Cl)c3=O)ccc21. The maximum Gasteiger partial charge on any atom is 0.342 e. The Labute approximate surface area is 229 Å².